The number of esters is 1. The first-order chi connectivity index (χ1) is 14.6. The Kier molecular flexibility index (Phi) is 5.76. The van der Waals surface area contributed by atoms with Gasteiger partial charge in [0.15, 0.2) is 6.10 Å². The number of nitrogens with one attached hydrogen (secondary N) is 1. The van der Waals surface area contributed by atoms with Crippen LogP contribution < -0.4 is 10.1 Å². The maximum atomic E-state index is 12.4. The van der Waals surface area contributed by atoms with Crippen molar-refractivity contribution in [2.24, 2.45) is 0 Å². The van der Waals surface area contributed by atoms with Crippen LogP contribution in [0.15, 0.2) is 72.5 Å². The smallest absolute Gasteiger partial charge is 0.357 e. The number of imidazole rings is 1. The molecule has 0 radical (unpaired) electrons. The van der Waals surface area contributed by atoms with E-state index < -0.39 is 18.0 Å². The predicted octanol–water partition coefficient (Wildman–Crippen LogP) is 4.16. The Bertz CT molecular complexity index is 1150. The molecule has 0 bridgehead atoms. The van der Waals surface area contributed by atoms with E-state index in [1.54, 1.807) is 40.2 Å². The Labute approximate surface area is 176 Å². The summed E-state index contributed by atoms with van der Waals surface area (Å²) in [6, 6.07) is 16.9. The van der Waals surface area contributed by atoms with E-state index in [-0.39, 0.29) is 0 Å². The van der Waals surface area contributed by atoms with Crippen LogP contribution >= 0.6 is 11.3 Å². The van der Waals surface area contributed by atoms with Crippen LogP contribution in [0, 0.1) is 0 Å². The van der Waals surface area contributed by atoms with Crippen molar-refractivity contribution < 1.29 is 19.1 Å². The SMILES string of the molecule is CC(OC(=O)c1csc2cncn12)C(=O)Nc1ccc(OCc2ccccc2)cc1. The molecule has 0 spiro atoms. The Hall–Kier alpha value is -3.65. The van der Waals surface area contributed by atoms with Crippen LogP contribution in [-0.4, -0.2) is 27.4 Å². The summed E-state index contributed by atoms with van der Waals surface area (Å²) in [6.45, 7) is 1.99. The van der Waals surface area contributed by atoms with E-state index in [1.807, 2.05) is 30.3 Å². The van der Waals surface area contributed by atoms with Gasteiger partial charge in [0, 0.05) is 11.1 Å². The molecule has 1 atom stereocenters. The lowest BCUT2D eigenvalue weighted by Gasteiger charge is -2.13. The molecule has 2 heterocycles. The molecule has 1 unspecified atom stereocenters. The third kappa shape index (κ3) is 4.49. The van der Waals surface area contributed by atoms with Gasteiger partial charge in [0.05, 0.1) is 6.20 Å². The summed E-state index contributed by atoms with van der Waals surface area (Å²) in [5.41, 5.74) is 2.00. The van der Waals surface area contributed by atoms with Gasteiger partial charge in [-0.2, -0.15) is 0 Å². The summed E-state index contributed by atoms with van der Waals surface area (Å²) in [5, 5.41) is 4.42. The van der Waals surface area contributed by atoms with Crippen molar-refractivity contribution in [3.8, 4) is 5.75 Å². The van der Waals surface area contributed by atoms with Gasteiger partial charge in [-0.1, -0.05) is 30.3 Å². The summed E-state index contributed by atoms with van der Waals surface area (Å²) < 4.78 is 12.7. The maximum absolute atomic E-state index is 12.4. The highest BCUT2D eigenvalue weighted by atomic mass is 32.1. The van der Waals surface area contributed by atoms with Crippen molar-refractivity contribution in [1.29, 1.82) is 0 Å². The van der Waals surface area contributed by atoms with Crippen molar-refractivity contribution in [3.63, 3.8) is 0 Å². The normalized spacial score (nSPS) is 11.8. The number of nitrogens with zero attached hydrogens (tertiary/aromatic N) is 2. The third-order valence-electron chi connectivity index (χ3n) is 4.39. The number of rotatable bonds is 7. The molecular weight excluding hydrogens is 402 g/mol. The zero-order valence-electron chi connectivity index (χ0n) is 16.1. The minimum Gasteiger partial charge on any atom is -0.489 e. The molecule has 0 saturated heterocycles. The van der Waals surface area contributed by atoms with E-state index in [4.69, 9.17) is 9.47 Å². The number of anilines is 1. The highest BCUT2D eigenvalue weighted by Gasteiger charge is 2.21. The molecular formula is C22H19N3O4S. The Morgan fingerprint density at radius 2 is 1.90 bits per heavy atom. The van der Waals surface area contributed by atoms with Gasteiger partial charge < -0.3 is 14.8 Å². The van der Waals surface area contributed by atoms with Crippen LogP contribution in [0.1, 0.15) is 23.0 Å². The zero-order valence-corrected chi connectivity index (χ0v) is 17.0. The van der Waals surface area contributed by atoms with Gasteiger partial charge in [0.25, 0.3) is 5.91 Å². The van der Waals surface area contributed by atoms with Gasteiger partial charge >= 0.3 is 5.97 Å². The van der Waals surface area contributed by atoms with Crippen LogP contribution in [0.5, 0.6) is 5.75 Å². The van der Waals surface area contributed by atoms with Crippen LogP contribution in [-0.2, 0) is 16.1 Å². The highest BCUT2D eigenvalue weighted by Crippen LogP contribution is 2.19. The summed E-state index contributed by atoms with van der Waals surface area (Å²) in [6.07, 6.45) is 2.24. The molecule has 0 aliphatic heterocycles. The molecule has 0 aliphatic carbocycles. The summed E-state index contributed by atoms with van der Waals surface area (Å²) in [5.74, 6) is -0.303. The molecule has 0 fully saturated rings. The van der Waals surface area contributed by atoms with E-state index in [0.29, 0.717) is 23.7 Å². The molecule has 2 aromatic heterocycles. The zero-order chi connectivity index (χ0) is 20.9. The second kappa shape index (κ2) is 8.79. The molecule has 0 aliphatic rings. The average Bonchev–Trinajstić information content (AvgIpc) is 3.38. The lowest BCUT2D eigenvalue weighted by atomic mass is 10.2. The predicted molar refractivity (Wildman–Crippen MR) is 114 cm³/mol. The first kappa shape index (κ1) is 19.7. The molecule has 8 heteroatoms. The molecule has 152 valence electrons. The first-order valence-corrected chi connectivity index (χ1v) is 10.2. The second-order valence-electron chi connectivity index (χ2n) is 6.56. The van der Waals surface area contributed by atoms with E-state index in [2.05, 4.69) is 10.3 Å². The first-order valence-electron chi connectivity index (χ1n) is 9.28. The van der Waals surface area contributed by atoms with Gasteiger partial charge in [-0.3, -0.25) is 9.20 Å². The monoisotopic (exact) mass is 421 g/mol. The van der Waals surface area contributed by atoms with Gasteiger partial charge in [0.1, 0.15) is 29.2 Å². The number of fused-ring (bicyclic) bond motifs is 1. The minimum absolute atomic E-state index is 0.340. The van der Waals surface area contributed by atoms with Gasteiger partial charge in [-0.15, -0.1) is 11.3 Å². The van der Waals surface area contributed by atoms with Crippen molar-refractivity contribution in [1.82, 2.24) is 9.38 Å². The molecule has 30 heavy (non-hydrogen) atoms. The lowest BCUT2D eigenvalue weighted by Crippen LogP contribution is -2.30. The number of hydrogen-bond acceptors (Lipinski definition) is 6. The van der Waals surface area contributed by atoms with E-state index in [1.165, 1.54) is 24.6 Å². The van der Waals surface area contributed by atoms with Gasteiger partial charge in [-0.25, -0.2) is 9.78 Å². The molecule has 1 amide bonds. The highest BCUT2D eigenvalue weighted by molar-refractivity contribution is 7.15. The number of thiazole rings is 1. The largest absolute Gasteiger partial charge is 0.489 e. The standard InChI is InChI=1S/C22H19N3O4S/c1-15(29-22(27)19-13-30-20-11-23-14-25(19)20)21(26)24-17-7-9-18(10-8-17)28-12-16-5-3-2-4-6-16/h2-11,13-15H,12H2,1H3,(H,24,26). The van der Waals surface area contributed by atoms with E-state index in [0.717, 1.165) is 10.4 Å². The fourth-order valence-corrected chi connectivity index (χ4v) is 3.59. The fraction of sp³-hybridized carbons (Fsp3) is 0.136. The summed E-state index contributed by atoms with van der Waals surface area (Å²) in [4.78, 5) is 29.6. The number of carbonyl (C=O) groups is 2. The topological polar surface area (TPSA) is 81.9 Å². The van der Waals surface area contributed by atoms with Gasteiger partial charge in [0.2, 0.25) is 0 Å². The summed E-state index contributed by atoms with van der Waals surface area (Å²) in [7, 11) is 0. The summed E-state index contributed by atoms with van der Waals surface area (Å²) >= 11 is 1.38. The number of ether oxygens (including phenoxy) is 2. The van der Waals surface area contributed by atoms with Gasteiger partial charge in [-0.05, 0) is 36.8 Å². The number of carbonyl (C=O) groups excluding carboxylic acids is 2. The third-order valence-corrected chi connectivity index (χ3v) is 5.27. The number of hydrogen-bond donors (Lipinski definition) is 1. The average molecular weight is 421 g/mol. The molecule has 4 aromatic rings. The Balaban J connectivity index is 1.30. The van der Waals surface area contributed by atoms with Crippen LogP contribution in [0.25, 0.3) is 4.83 Å². The Morgan fingerprint density at radius 3 is 2.67 bits per heavy atom. The number of benzene rings is 2. The molecule has 0 saturated carbocycles. The minimum atomic E-state index is -0.954. The van der Waals surface area contributed by atoms with Crippen molar-refractivity contribution >= 4 is 33.7 Å². The maximum Gasteiger partial charge on any atom is 0.357 e. The molecule has 4 rings (SSSR count). The molecule has 1 N–H and O–H groups in total. The van der Waals surface area contributed by atoms with Crippen LogP contribution in [0.2, 0.25) is 0 Å². The van der Waals surface area contributed by atoms with E-state index >= 15 is 0 Å². The van der Waals surface area contributed by atoms with E-state index in [9.17, 15) is 9.59 Å². The van der Waals surface area contributed by atoms with Crippen molar-refractivity contribution in [2.45, 2.75) is 19.6 Å². The van der Waals surface area contributed by atoms with Crippen LogP contribution in [0.3, 0.4) is 0 Å². The quantitative estimate of drug-likeness (QED) is 0.453. The fourth-order valence-electron chi connectivity index (χ4n) is 2.76. The number of amides is 1. The van der Waals surface area contributed by atoms with Crippen molar-refractivity contribution in [2.75, 3.05) is 5.32 Å². The molecule has 2 aromatic carbocycles. The number of aromatic nitrogens is 2. The van der Waals surface area contributed by atoms with Crippen molar-refractivity contribution in [3.05, 3.63) is 83.8 Å². The molecule has 7 nitrogen and oxygen atoms in total. The lowest BCUT2D eigenvalue weighted by molar-refractivity contribution is -0.123. The Morgan fingerprint density at radius 1 is 1.13 bits per heavy atom. The van der Waals surface area contributed by atoms with Crippen LogP contribution in [0.4, 0.5) is 5.69 Å². The second-order valence-corrected chi connectivity index (χ2v) is 7.45.